The Bertz CT molecular complexity index is 850. The summed E-state index contributed by atoms with van der Waals surface area (Å²) in [6.07, 6.45) is 2.71. The van der Waals surface area contributed by atoms with E-state index in [0.717, 1.165) is 28.8 Å². The zero-order valence-corrected chi connectivity index (χ0v) is 14.2. The fourth-order valence-corrected chi connectivity index (χ4v) is 2.80. The summed E-state index contributed by atoms with van der Waals surface area (Å²) in [5.41, 5.74) is 4.26. The Morgan fingerprint density at radius 2 is 1.96 bits per heavy atom. The van der Waals surface area contributed by atoms with Gasteiger partial charge in [-0.05, 0) is 37.6 Å². The van der Waals surface area contributed by atoms with Gasteiger partial charge in [0.25, 0.3) is 0 Å². The van der Waals surface area contributed by atoms with Gasteiger partial charge in [0.1, 0.15) is 5.75 Å². The largest absolute Gasteiger partial charge is 0.490 e. The molecule has 0 saturated carbocycles. The van der Waals surface area contributed by atoms with Crippen molar-refractivity contribution in [2.45, 2.75) is 33.3 Å². The fraction of sp³-hybridized carbons (Fsp3) is 0.250. The lowest BCUT2D eigenvalue weighted by molar-refractivity contribution is -0.114. The number of aromatic nitrogens is 1. The second-order valence-corrected chi connectivity index (χ2v) is 6.21. The molecule has 4 heteroatoms. The lowest BCUT2D eigenvalue weighted by Gasteiger charge is -2.15. The van der Waals surface area contributed by atoms with Crippen molar-refractivity contribution in [3.05, 3.63) is 59.8 Å². The highest BCUT2D eigenvalue weighted by Gasteiger charge is 2.09. The van der Waals surface area contributed by atoms with Crippen LogP contribution >= 0.6 is 0 Å². The number of benzene rings is 2. The van der Waals surface area contributed by atoms with Gasteiger partial charge < -0.3 is 15.0 Å². The van der Waals surface area contributed by atoms with Gasteiger partial charge >= 0.3 is 0 Å². The number of aromatic amines is 1. The second-order valence-electron chi connectivity index (χ2n) is 6.21. The molecule has 1 aromatic heterocycles. The fourth-order valence-electron chi connectivity index (χ4n) is 2.80. The van der Waals surface area contributed by atoms with E-state index in [4.69, 9.17) is 4.74 Å². The molecule has 4 nitrogen and oxygen atoms in total. The van der Waals surface area contributed by atoms with Crippen LogP contribution in [-0.2, 0) is 11.2 Å². The van der Waals surface area contributed by atoms with Gasteiger partial charge in [0, 0.05) is 30.4 Å². The smallest absolute Gasteiger partial charge is 0.221 e. The Labute approximate surface area is 141 Å². The molecule has 24 heavy (non-hydrogen) atoms. The van der Waals surface area contributed by atoms with Crippen LogP contribution in [0.15, 0.2) is 48.7 Å². The van der Waals surface area contributed by atoms with Gasteiger partial charge in [0.2, 0.25) is 5.91 Å². The number of anilines is 1. The van der Waals surface area contributed by atoms with E-state index in [2.05, 4.69) is 48.4 Å². The molecule has 1 amide bonds. The van der Waals surface area contributed by atoms with Gasteiger partial charge in [-0.25, -0.2) is 0 Å². The molecule has 2 N–H and O–H groups in total. The number of amides is 1. The molecule has 124 valence electrons. The monoisotopic (exact) mass is 322 g/mol. The van der Waals surface area contributed by atoms with Crippen LogP contribution in [0.4, 0.5) is 5.69 Å². The number of nitrogens with one attached hydrogen (secondary N) is 2. The minimum absolute atomic E-state index is 0.0633. The maximum Gasteiger partial charge on any atom is 0.221 e. The number of ether oxygens (including phenoxy) is 1. The standard InChI is InChI=1S/C20H22N2O2/c1-13-4-6-16(7-5-13)10-14(2)24-17-8-9-19-18(11-17)20(12-21-19)22-15(3)23/h4-9,11-12,14,21H,10H2,1-3H3,(H,22,23). The van der Waals surface area contributed by atoms with Crippen LogP contribution in [-0.4, -0.2) is 17.0 Å². The van der Waals surface area contributed by atoms with E-state index in [1.165, 1.54) is 18.1 Å². The minimum atomic E-state index is -0.0880. The highest BCUT2D eigenvalue weighted by atomic mass is 16.5. The first-order valence-corrected chi connectivity index (χ1v) is 8.12. The molecular weight excluding hydrogens is 300 g/mol. The minimum Gasteiger partial charge on any atom is -0.490 e. The molecule has 0 fully saturated rings. The SMILES string of the molecule is CC(=O)Nc1c[nH]c2ccc(OC(C)Cc3ccc(C)cc3)cc12. The van der Waals surface area contributed by atoms with Crippen molar-refractivity contribution in [3.63, 3.8) is 0 Å². The summed E-state index contributed by atoms with van der Waals surface area (Å²) in [7, 11) is 0. The average molecular weight is 322 g/mol. The third-order valence-corrected chi connectivity index (χ3v) is 3.94. The Balaban J connectivity index is 1.74. The van der Waals surface area contributed by atoms with Gasteiger partial charge in [0.15, 0.2) is 0 Å². The molecule has 0 radical (unpaired) electrons. The summed E-state index contributed by atoms with van der Waals surface area (Å²) in [6.45, 7) is 5.65. The van der Waals surface area contributed by atoms with E-state index >= 15 is 0 Å². The molecule has 1 heterocycles. The molecule has 0 aliphatic carbocycles. The molecule has 0 bridgehead atoms. The number of hydrogen-bond donors (Lipinski definition) is 2. The van der Waals surface area contributed by atoms with Crippen LogP contribution in [0.2, 0.25) is 0 Å². The molecule has 3 aromatic rings. The molecule has 0 aliphatic rings. The van der Waals surface area contributed by atoms with E-state index in [9.17, 15) is 4.79 Å². The van der Waals surface area contributed by atoms with Crippen molar-refractivity contribution in [2.24, 2.45) is 0 Å². The van der Waals surface area contributed by atoms with E-state index in [1.54, 1.807) is 6.20 Å². The van der Waals surface area contributed by atoms with Gasteiger partial charge in [-0.15, -0.1) is 0 Å². The van der Waals surface area contributed by atoms with Crippen molar-refractivity contribution in [1.82, 2.24) is 4.98 Å². The summed E-state index contributed by atoms with van der Waals surface area (Å²) in [6, 6.07) is 14.4. The van der Waals surface area contributed by atoms with Crippen molar-refractivity contribution < 1.29 is 9.53 Å². The van der Waals surface area contributed by atoms with Gasteiger partial charge in [-0.3, -0.25) is 4.79 Å². The number of carbonyl (C=O) groups excluding carboxylic acids is 1. The highest BCUT2D eigenvalue weighted by Crippen LogP contribution is 2.28. The zero-order chi connectivity index (χ0) is 17.1. The predicted molar refractivity (Wildman–Crippen MR) is 97.6 cm³/mol. The quantitative estimate of drug-likeness (QED) is 0.729. The first-order valence-electron chi connectivity index (χ1n) is 8.12. The Morgan fingerprint density at radius 1 is 1.21 bits per heavy atom. The maximum absolute atomic E-state index is 11.3. The van der Waals surface area contributed by atoms with Crippen LogP contribution in [0.5, 0.6) is 5.75 Å². The number of carbonyl (C=O) groups is 1. The van der Waals surface area contributed by atoms with E-state index in [0.29, 0.717) is 0 Å². The van der Waals surface area contributed by atoms with E-state index in [-0.39, 0.29) is 12.0 Å². The number of rotatable bonds is 5. The number of H-pyrrole nitrogens is 1. The average Bonchev–Trinajstić information content (AvgIpc) is 2.91. The van der Waals surface area contributed by atoms with Crippen molar-refractivity contribution >= 4 is 22.5 Å². The molecule has 1 atom stereocenters. The number of fused-ring (bicyclic) bond motifs is 1. The third kappa shape index (κ3) is 3.77. The molecule has 2 aromatic carbocycles. The first-order chi connectivity index (χ1) is 11.5. The lowest BCUT2D eigenvalue weighted by Crippen LogP contribution is -2.15. The summed E-state index contributed by atoms with van der Waals surface area (Å²) in [5.74, 6) is 0.711. The third-order valence-electron chi connectivity index (χ3n) is 3.94. The van der Waals surface area contributed by atoms with Crippen LogP contribution < -0.4 is 10.1 Å². The van der Waals surface area contributed by atoms with Crippen molar-refractivity contribution in [2.75, 3.05) is 5.32 Å². The molecular formula is C20H22N2O2. The second kappa shape index (κ2) is 6.79. The lowest BCUT2D eigenvalue weighted by atomic mass is 10.1. The Hall–Kier alpha value is -2.75. The molecule has 0 saturated heterocycles. The maximum atomic E-state index is 11.3. The van der Waals surface area contributed by atoms with Crippen molar-refractivity contribution in [1.29, 1.82) is 0 Å². The van der Waals surface area contributed by atoms with Gasteiger partial charge in [-0.1, -0.05) is 29.8 Å². The van der Waals surface area contributed by atoms with Crippen molar-refractivity contribution in [3.8, 4) is 5.75 Å². The first kappa shape index (κ1) is 16.1. The predicted octanol–water partition coefficient (Wildman–Crippen LogP) is 4.44. The summed E-state index contributed by atoms with van der Waals surface area (Å²) in [5, 5.41) is 3.78. The summed E-state index contributed by atoms with van der Waals surface area (Å²) >= 11 is 0. The zero-order valence-electron chi connectivity index (χ0n) is 14.2. The summed E-state index contributed by atoms with van der Waals surface area (Å²) < 4.78 is 6.06. The van der Waals surface area contributed by atoms with Crippen LogP contribution in [0, 0.1) is 6.92 Å². The highest BCUT2D eigenvalue weighted by molar-refractivity contribution is 6.01. The van der Waals surface area contributed by atoms with E-state index in [1.807, 2.05) is 18.2 Å². The van der Waals surface area contributed by atoms with Gasteiger partial charge in [0.05, 0.1) is 11.8 Å². The Morgan fingerprint density at radius 3 is 2.67 bits per heavy atom. The van der Waals surface area contributed by atoms with Crippen LogP contribution in [0.3, 0.4) is 0 Å². The molecule has 3 rings (SSSR count). The van der Waals surface area contributed by atoms with Gasteiger partial charge in [-0.2, -0.15) is 0 Å². The number of aryl methyl sites for hydroxylation is 1. The van der Waals surface area contributed by atoms with Crippen LogP contribution in [0.1, 0.15) is 25.0 Å². The Kier molecular flexibility index (Phi) is 4.56. The normalized spacial score (nSPS) is 12.1. The molecule has 1 unspecified atom stereocenters. The van der Waals surface area contributed by atoms with E-state index < -0.39 is 0 Å². The molecule has 0 aliphatic heterocycles. The van der Waals surface area contributed by atoms with Crippen LogP contribution in [0.25, 0.3) is 10.9 Å². The summed E-state index contributed by atoms with van der Waals surface area (Å²) in [4.78, 5) is 14.4. The topological polar surface area (TPSA) is 54.1 Å². The number of hydrogen-bond acceptors (Lipinski definition) is 2. The molecule has 0 spiro atoms.